The van der Waals surface area contributed by atoms with Gasteiger partial charge in [-0.1, -0.05) is 18.2 Å². The van der Waals surface area contributed by atoms with E-state index in [4.69, 9.17) is 9.15 Å². The summed E-state index contributed by atoms with van der Waals surface area (Å²) in [6.45, 7) is 5.38. The summed E-state index contributed by atoms with van der Waals surface area (Å²) in [6.07, 6.45) is 4.26. The maximum absolute atomic E-state index is 13.7. The number of nitrogens with one attached hydrogen (secondary N) is 1. The second-order valence-corrected chi connectivity index (χ2v) is 12.0. The molecule has 34 heavy (non-hydrogen) atoms. The summed E-state index contributed by atoms with van der Waals surface area (Å²) in [4.78, 5) is 13.3. The molecule has 4 aromatic rings. The van der Waals surface area contributed by atoms with E-state index in [1.807, 2.05) is 12.1 Å². The van der Waals surface area contributed by atoms with Crippen LogP contribution in [0.3, 0.4) is 0 Å². The van der Waals surface area contributed by atoms with Crippen LogP contribution in [0.4, 0.5) is 0 Å². The summed E-state index contributed by atoms with van der Waals surface area (Å²) in [5.74, 6) is 0.266. The van der Waals surface area contributed by atoms with Crippen LogP contribution >= 0.6 is 0 Å². The Hall–Kier alpha value is -3.10. The van der Waals surface area contributed by atoms with Crippen molar-refractivity contribution in [2.24, 2.45) is 0 Å². The van der Waals surface area contributed by atoms with E-state index in [0.717, 1.165) is 36.0 Å². The average Bonchev–Trinajstić information content (AvgIpc) is 3.47. The van der Waals surface area contributed by atoms with Crippen LogP contribution in [0.5, 0.6) is 0 Å². The fourth-order valence-electron chi connectivity index (χ4n) is 5.25. The molecule has 2 aliphatic heterocycles. The minimum Gasteiger partial charge on any atom is -0.461 e. The molecule has 0 radical (unpaired) electrons. The highest BCUT2D eigenvalue weighted by atomic mass is 32.2. The van der Waals surface area contributed by atoms with Crippen molar-refractivity contribution in [3.63, 3.8) is 0 Å². The van der Waals surface area contributed by atoms with Gasteiger partial charge >= 0.3 is 5.97 Å². The van der Waals surface area contributed by atoms with Crippen molar-refractivity contribution in [1.29, 1.82) is 0 Å². The molecule has 1 saturated heterocycles. The van der Waals surface area contributed by atoms with Crippen molar-refractivity contribution in [2.45, 2.75) is 62.6 Å². The lowest BCUT2D eigenvalue weighted by Crippen LogP contribution is -2.31. The summed E-state index contributed by atoms with van der Waals surface area (Å²) in [6, 6.07) is 12.5. The lowest BCUT2D eigenvalue weighted by molar-refractivity contribution is 0.00714. The van der Waals surface area contributed by atoms with Gasteiger partial charge < -0.3 is 14.5 Å². The molecular formula is C26H26N2O5S. The van der Waals surface area contributed by atoms with E-state index in [0.29, 0.717) is 22.5 Å². The van der Waals surface area contributed by atoms with E-state index in [1.165, 1.54) is 16.2 Å². The third-order valence-corrected chi connectivity index (χ3v) is 8.31. The van der Waals surface area contributed by atoms with Gasteiger partial charge in [-0.05, 0) is 51.8 Å². The minimum absolute atomic E-state index is 0.00794. The van der Waals surface area contributed by atoms with Crippen LogP contribution in [-0.2, 0) is 21.2 Å². The Labute approximate surface area is 197 Å². The molecule has 2 aromatic heterocycles. The molecule has 1 fully saturated rings. The first-order chi connectivity index (χ1) is 16.1. The summed E-state index contributed by atoms with van der Waals surface area (Å²) in [5, 5.41) is 5.06. The molecule has 2 unspecified atom stereocenters. The maximum atomic E-state index is 13.7. The molecule has 1 N–H and O–H groups in total. The summed E-state index contributed by atoms with van der Waals surface area (Å²) < 4.78 is 40.6. The summed E-state index contributed by atoms with van der Waals surface area (Å²) >= 11 is 0. The molecule has 4 heterocycles. The van der Waals surface area contributed by atoms with Gasteiger partial charge in [0.2, 0.25) is 0 Å². The topological polar surface area (TPSA) is 90.5 Å². The fraction of sp³-hybridized carbons (Fsp3) is 0.346. The molecule has 2 atom stereocenters. The van der Waals surface area contributed by atoms with Crippen LogP contribution in [0.2, 0.25) is 0 Å². The monoisotopic (exact) mass is 478 g/mol. The van der Waals surface area contributed by atoms with Crippen LogP contribution < -0.4 is 5.32 Å². The lowest BCUT2D eigenvalue weighted by Gasteiger charge is -2.22. The number of hydrogen-bond acceptors (Lipinski definition) is 6. The van der Waals surface area contributed by atoms with Gasteiger partial charge in [0, 0.05) is 47.1 Å². The van der Waals surface area contributed by atoms with Crippen LogP contribution in [0.25, 0.3) is 21.9 Å². The molecule has 0 aliphatic carbocycles. The molecule has 6 rings (SSSR count). The molecule has 7 nitrogen and oxygen atoms in total. The highest BCUT2D eigenvalue weighted by Gasteiger charge is 2.38. The van der Waals surface area contributed by atoms with Gasteiger partial charge in [0.15, 0.2) is 0 Å². The average molecular weight is 479 g/mol. The third kappa shape index (κ3) is 3.27. The van der Waals surface area contributed by atoms with Crippen molar-refractivity contribution in [1.82, 2.24) is 9.29 Å². The predicted molar refractivity (Wildman–Crippen MR) is 129 cm³/mol. The van der Waals surface area contributed by atoms with Gasteiger partial charge in [0.25, 0.3) is 10.0 Å². The number of rotatable bonds is 3. The van der Waals surface area contributed by atoms with Gasteiger partial charge in [-0.25, -0.2) is 17.2 Å². The SMILES string of the molecule is CC(C)(C)OC(=O)c1cc(S(=O)(=O)n2ccc3ccccc32)cc2oc3c(c12)C1CCC(C3)N1. The zero-order chi connectivity index (χ0) is 23.8. The Bertz CT molecular complexity index is 1570. The number of hydrogen-bond donors (Lipinski definition) is 1. The van der Waals surface area contributed by atoms with Crippen molar-refractivity contribution >= 4 is 37.9 Å². The molecule has 0 amide bonds. The van der Waals surface area contributed by atoms with Gasteiger partial charge in [0.05, 0.1) is 16.0 Å². The standard InChI is InChI=1S/C26H26N2O5S/c1-26(2,3)33-25(29)18-13-17(34(30,31)28-11-10-15-6-4-5-7-20(15)28)14-22-23(18)24-19-9-8-16(27-19)12-21(24)32-22/h4-7,10-11,13-14,16,19,27H,8-9,12H2,1-3H3. The van der Waals surface area contributed by atoms with E-state index in [-0.39, 0.29) is 16.5 Å². The Morgan fingerprint density at radius 2 is 1.94 bits per heavy atom. The number of para-hydroxylation sites is 1. The van der Waals surface area contributed by atoms with Crippen molar-refractivity contribution in [3.05, 3.63) is 65.5 Å². The predicted octanol–water partition coefficient (Wildman–Crippen LogP) is 4.93. The van der Waals surface area contributed by atoms with Crippen molar-refractivity contribution in [2.75, 3.05) is 0 Å². The van der Waals surface area contributed by atoms with E-state index in [2.05, 4.69) is 5.32 Å². The number of aromatic nitrogens is 1. The zero-order valence-electron chi connectivity index (χ0n) is 19.3. The van der Waals surface area contributed by atoms with Crippen LogP contribution in [0.1, 0.15) is 61.3 Å². The molecule has 176 valence electrons. The molecule has 0 saturated carbocycles. The largest absolute Gasteiger partial charge is 0.461 e. The van der Waals surface area contributed by atoms with Crippen LogP contribution in [0.15, 0.2) is 58.0 Å². The van der Waals surface area contributed by atoms with E-state index in [9.17, 15) is 13.2 Å². The van der Waals surface area contributed by atoms with Crippen LogP contribution in [0, 0.1) is 0 Å². The fourth-order valence-corrected chi connectivity index (χ4v) is 6.65. The normalized spacial score (nSPS) is 20.1. The van der Waals surface area contributed by atoms with Crippen molar-refractivity contribution < 1.29 is 22.4 Å². The molecular weight excluding hydrogens is 452 g/mol. The number of carbonyl (C=O) groups is 1. The van der Waals surface area contributed by atoms with Gasteiger partial charge in [-0.15, -0.1) is 0 Å². The maximum Gasteiger partial charge on any atom is 0.339 e. The molecule has 2 aromatic carbocycles. The number of ether oxygens (including phenoxy) is 1. The first-order valence-electron chi connectivity index (χ1n) is 11.5. The number of nitrogens with zero attached hydrogens (tertiary/aromatic N) is 1. The van der Waals surface area contributed by atoms with Crippen molar-refractivity contribution in [3.8, 4) is 0 Å². The Kier molecular flexibility index (Phi) is 4.54. The summed E-state index contributed by atoms with van der Waals surface area (Å²) in [5.41, 5.74) is 1.43. The molecule has 0 spiro atoms. The van der Waals surface area contributed by atoms with E-state index < -0.39 is 21.6 Å². The molecule has 8 heteroatoms. The van der Waals surface area contributed by atoms with Gasteiger partial charge in [0.1, 0.15) is 16.9 Å². The Morgan fingerprint density at radius 3 is 2.74 bits per heavy atom. The highest BCUT2D eigenvalue weighted by molar-refractivity contribution is 7.90. The minimum atomic E-state index is -3.99. The van der Waals surface area contributed by atoms with Gasteiger partial charge in [-0.2, -0.15) is 0 Å². The second-order valence-electron chi connectivity index (χ2n) is 10.2. The van der Waals surface area contributed by atoms with E-state index >= 15 is 0 Å². The number of benzene rings is 2. The molecule has 2 bridgehead atoms. The number of fused-ring (bicyclic) bond motifs is 7. The quantitative estimate of drug-likeness (QED) is 0.420. The first-order valence-corrected chi connectivity index (χ1v) is 13.0. The first kappa shape index (κ1) is 21.4. The number of esters is 1. The Morgan fingerprint density at radius 1 is 1.15 bits per heavy atom. The van der Waals surface area contributed by atoms with Crippen LogP contribution in [-0.4, -0.2) is 30.0 Å². The zero-order valence-corrected chi connectivity index (χ0v) is 20.1. The van der Waals surface area contributed by atoms with Gasteiger partial charge in [-0.3, -0.25) is 0 Å². The highest BCUT2D eigenvalue weighted by Crippen LogP contribution is 2.44. The second kappa shape index (κ2) is 7.20. The smallest absolute Gasteiger partial charge is 0.339 e. The molecule has 2 aliphatic rings. The van der Waals surface area contributed by atoms with E-state index in [1.54, 1.807) is 45.0 Å². The lowest BCUT2D eigenvalue weighted by atomic mass is 9.96. The number of carbonyl (C=O) groups excluding carboxylic acids is 1. The Balaban J connectivity index is 1.59. The number of furan rings is 1. The third-order valence-electron chi connectivity index (χ3n) is 6.64. The summed E-state index contributed by atoms with van der Waals surface area (Å²) in [7, 11) is -3.99.